The maximum atomic E-state index is 12.6. The van der Waals surface area contributed by atoms with Crippen LogP contribution in [0.2, 0.25) is 0 Å². The molecule has 1 rings (SSSR count). The van der Waals surface area contributed by atoms with Crippen LogP contribution in [0.25, 0.3) is 0 Å². The van der Waals surface area contributed by atoms with Gasteiger partial charge >= 0.3 is 0 Å². The van der Waals surface area contributed by atoms with Gasteiger partial charge in [0.1, 0.15) is 0 Å². The van der Waals surface area contributed by atoms with E-state index in [1.165, 1.54) is 0 Å². The highest BCUT2D eigenvalue weighted by molar-refractivity contribution is 5.85. The van der Waals surface area contributed by atoms with Crippen LogP contribution in [0.1, 0.15) is 5.56 Å². The molecule has 0 aromatic heterocycles. The first-order chi connectivity index (χ1) is 6.97. The van der Waals surface area contributed by atoms with Crippen molar-refractivity contribution in [3.05, 3.63) is 35.9 Å². The number of amides is 1. The molecule has 0 spiro atoms. The molecule has 1 unspecified atom stereocenters. The van der Waals surface area contributed by atoms with Crippen LogP contribution in [0.3, 0.4) is 0 Å². The van der Waals surface area contributed by atoms with Gasteiger partial charge in [0.25, 0.3) is 6.43 Å². The summed E-state index contributed by atoms with van der Waals surface area (Å²) >= 11 is 0. The number of carbonyl (C=O) groups is 1. The smallest absolute Gasteiger partial charge is 0.265 e. The van der Waals surface area contributed by atoms with Gasteiger partial charge in [0, 0.05) is 6.42 Å². The van der Waals surface area contributed by atoms with Gasteiger partial charge < -0.3 is 11.5 Å². The highest BCUT2D eigenvalue weighted by Gasteiger charge is 2.41. The molecule has 82 valence electrons. The average Bonchev–Trinajstić information content (AvgIpc) is 2.18. The Morgan fingerprint density at radius 2 is 1.87 bits per heavy atom. The lowest BCUT2D eigenvalue weighted by atomic mass is 9.91. The molecule has 1 atom stereocenters. The summed E-state index contributed by atoms with van der Waals surface area (Å²) in [6, 6.07) is 8.35. The van der Waals surface area contributed by atoms with E-state index >= 15 is 0 Å². The van der Waals surface area contributed by atoms with Gasteiger partial charge in [-0.05, 0) is 5.56 Å². The van der Waals surface area contributed by atoms with Crippen molar-refractivity contribution >= 4 is 5.91 Å². The first-order valence-electron chi connectivity index (χ1n) is 4.37. The van der Waals surface area contributed by atoms with Crippen LogP contribution in [0, 0.1) is 0 Å². The van der Waals surface area contributed by atoms with E-state index in [1.807, 2.05) is 0 Å². The lowest BCUT2D eigenvalue weighted by molar-refractivity contribution is -0.128. The van der Waals surface area contributed by atoms with Crippen molar-refractivity contribution in [2.75, 3.05) is 0 Å². The zero-order valence-corrected chi connectivity index (χ0v) is 7.99. The Bertz CT molecular complexity index is 343. The normalized spacial score (nSPS) is 14.9. The Hall–Kier alpha value is -1.49. The molecule has 0 aliphatic heterocycles. The molecule has 0 heterocycles. The SMILES string of the molecule is NC(=O)C(N)(Cc1ccccc1)C(F)F. The maximum Gasteiger partial charge on any atom is 0.265 e. The Morgan fingerprint density at radius 3 is 2.27 bits per heavy atom. The molecule has 1 amide bonds. The number of carbonyl (C=O) groups excluding carboxylic acids is 1. The van der Waals surface area contributed by atoms with Gasteiger partial charge in [-0.25, -0.2) is 8.78 Å². The summed E-state index contributed by atoms with van der Waals surface area (Å²) < 4.78 is 25.2. The van der Waals surface area contributed by atoms with Crippen LogP contribution < -0.4 is 11.5 Å². The highest BCUT2D eigenvalue weighted by Crippen LogP contribution is 2.18. The lowest BCUT2D eigenvalue weighted by Gasteiger charge is -2.24. The first-order valence-corrected chi connectivity index (χ1v) is 4.37. The van der Waals surface area contributed by atoms with Gasteiger partial charge in [-0.2, -0.15) is 0 Å². The van der Waals surface area contributed by atoms with Crippen LogP contribution in [0.15, 0.2) is 30.3 Å². The summed E-state index contributed by atoms with van der Waals surface area (Å²) in [6.45, 7) is 0. The van der Waals surface area contributed by atoms with Crippen molar-refractivity contribution in [2.24, 2.45) is 11.5 Å². The van der Waals surface area contributed by atoms with Gasteiger partial charge in [0.2, 0.25) is 5.91 Å². The van der Waals surface area contributed by atoms with Crippen molar-refractivity contribution in [1.82, 2.24) is 0 Å². The molecule has 3 nitrogen and oxygen atoms in total. The molecule has 0 saturated carbocycles. The summed E-state index contributed by atoms with van der Waals surface area (Å²) in [5.41, 5.74) is 8.43. The predicted octanol–water partition coefficient (Wildman–Crippen LogP) is 0.677. The first kappa shape index (κ1) is 11.6. The molecule has 15 heavy (non-hydrogen) atoms. The largest absolute Gasteiger partial charge is 0.368 e. The third-order valence-electron chi connectivity index (χ3n) is 2.19. The molecule has 0 bridgehead atoms. The summed E-state index contributed by atoms with van der Waals surface area (Å²) in [4.78, 5) is 10.9. The number of halogens is 2. The zero-order chi connectivity index (χ0) is 11.5. The van der Waals surface area contributed by atoms with E-state index in [-0.39, 0.29) is 6.42 Å². The molecule has 0 aliphatic carbocycles. The third-order valence-corrected chi connectivity index (χ3v) is 2.19. The van der Waals surface area contributed by atoms with Gasteiger partial charge in [0.15, 0.2) is 5.54 Å². The van der Waals surface area contributed by atoms with E-state index in [0.717, 1.165) is 0 Å². The molecule has 0 radical (unpaired) electrons. The van der Waals surface area contributed by atoms with Crippen molar-refractivity contribution in [3.8, 4) is 0 Å². The fourth-order valence-electron chi connectivity index (χ4n) is 1.21. The topological polar surface area (TPSA) is 69.1 Å². The van der Waals surface area contributed by atoms with Crippen LogP contribution in [-0.4, -0.2) is 17.9 Å². The number of alkyl halides is 2. The number of primary amides is 1. The Labute approximate surface area is 86.1 Å². The second-order valence-electron chi connectivity index (χ2n) is 3.37. The van der Waals surface area contributed by atoms with Gasteiger partial charge in [-0.1, -0.05) is 30.3 Å². The monoisotopic (exact) mass is 214 g/mol. The van der Waals surface area contributed by atoms with E-state index in [1.54, 1.807) is 30.3 Å². The van der Waals surface area contributed by atoms with E-state index in [9.17, 15) is 13.6 Å². The van der Waals surface area contributed by atoms with Crippen molar-refractivity contribution in [1.29, 1.82) is 0 Å². The number of hydrogen-bond acceptors (Lipinski definition) is 2. The van der Waals surface area contributed by atoms with Crippen LogP contribution in [-0.2, 0) is 11.2 Å². The Kier molecular flexibility index (Phi) is 3.36. The van der Waals surface area contributed by atoms with Gasteiger partial charge in [-0.3, -0.25) is 4.79 Å². The second kappa shape index (κ2) is 4.35. The van der Waals surface area contributed by atoms with Crippen LogP contribution >= 0.6 is 0 Å². The third kappa shape index (κ3) is 2.50. The predicted molar refractivity (Wildman–Crippen MR) is 52.3 cm³/mol. The van der Waals surface area contributed by atoms with Crippen molar-refractivity contribution in [3.63, 3.8) is 0 Å². The van der Waals surface area contributed by atoms with Crippen molar-refractivity contribution in [2.45, 2.75) is 18.4 Å². The molecule has 4 N–H and O–H groups in total. The Morgan fingerprint density at radius 1 is 1.33 bits per heavy atom. The maximum absolute atomic E-state index is 12.6. The van der Waals surface area contributed by atoms with Gasteiger partial charge in [0.05, 0.1) is 0 Å². The molecular weight excluding hydrogens is 202 g/mol. The average molecular weight is 214 g/mol. The van der Waals surface area contributed by atoms with E-state index in [0.29, 0.717) is 5.56 Å². The minimum atomic E-state index is -2.98. The molecule has 1 aromatic rings. The lowest BCUT2D eigenvalue weighted by Crippen LogP contribution is -2.59. The summed E-state index contributed by atoms with van der Waals surface area (Å²) in [5.74, 6) is -1.19. The quantitative estimate of drug-likeness (QED) is 0.773. The summed E-state index contributed by atoms with van der Waals surface area (Å²) in [7, 11) is 0. The van der Waals surface area contributed by atoms with Gasteiger partial charge in [-0.15, -0.1) is 0 Å². The van der Waals surface area contributed by atoms with Crippen LogP contribution in [0.5, 0.6) is 0 Å². The Balaban J connectivity index is 2.90. The molecule has 5 heteroatoms. The molecule has 0 aliphatic rings. The standard InChI is InChI=1S/C10H12F2N2O/c11-8(12)10(14,9(13)15)6-7-4-2-1-3-5-7/h1-5,8H,6,14H2,(H2,13,15). The van der Waals surface area contributed by atoms with E-state index in [2.05, 4.69) is 0 Å². The highest BCUT2D eigenvalue weighted by atomic mass is 19.3. The number of rotatable bonds is 4. The zero-order valence-electron chi connectivity index (χ0n) is 7.99. The van der Waals surface area contributed by atoms with Crippen LogP contribution in [0.4, 0.5) is 8.78 Å². The fraction of sp³-hybridized carbons (Fsp3) is 0.300. The molecule has 0 fully saturated rings. The van der Waals surface area contributed by atoms with Crippen molar-refractivity contribution < 1.29 is 13.6 Å². The molecule has 0 saturated heterocycles. The second-order valence-corrected chi connectivity index (χ2v) is 3.37. The fourth-order valence-corrected chi connectivity index (χ4v) is 1.21. The molecule has 1 aromatic carbocycles. The minimum absolute atomic E-state index is 0.263. The van der Waals surface area contributed by atoms with E-state index in [4.69, 9.17) is 11.5 Å². The number of hydrogen-bond donors (Lipinski definition) is 2. The van der Waals surface area contributed by atoms with E-state index < -0.39 is 17.9 Å². The number of benzene rings is 1. The molecular formula is C10H12F2N2O. The minimum Gasteiger partial charge on any atom is -0.368 e. The number of nitrogens with two attached hydrogens (primary N) is 2. The summed E-state index contributed by atoms with van der Waals surface area (Å²) in [6.07, 6.45) is -3.24. The summed E-state index contributed by atoms with van der Waals surface area (Å²) in [5, 5.41) is 0.